The van der Waals surface area contributed by atoms with Crippen molar-refractivity contribution < 1.29 is 40.7 Å². The van der Waals surface area contributed by atoms with E-state index >= 15 is 0 Å². The molecular weight excluding hydrogens is 450 g/mol. The summed E-state index contributed by atoms with van der Waals surface area (Å²) in [6, 6.07) is 6.19. The number of esters is 1. The molecule has 1 aliphatic carbocycles. The monoisotopic (exact) mass is 466 g/mol. The van der Waals surface area contributed by atoms with Crippen molar-refractivity contribution >= 4 is 28.2 Å². The molecule has 0 bridgehead atoms. The second-order valence-electron chi connectivity index (χ2n) is 6.74. The van der Waals surface area contributed by atoms with Crippen LogP contribution in [0.15, 0.2) is 30.3 Å². The van der Waals surface area contributed by atoms with Gasteiger partial charge >= 0.3 is 24.0 Å². The molecule has 0 radical (unpaired) electrons. The van der Waals surface area contributed by atoms with E-state index in [2.05, 4.69) is 4.74 Å². The minimum atomic E-state index is -6.00. The highest BCUT2D eigenvalue weighted by molar-refractivity contribution is 7.16. The van der Waals surface area contributed by atoms with Gasteiger partial charge in [-0.25, -0.2) is 4.79 Å². The summed E-state index contributed by atoms with van der Waals surface area (Å²) in [4.78, 5) is 25.0. The zero-order valence-electron chi connectivity index (χ0n) is 15.9. The number of ether oxygens (including phenoxy) is 1. The molecule has 0 saturated heterocycles. The lowest BCUT2D eigenvalue weighted by Gasteiger charge is -2.38. The van der Waals surface area contributed by atoms with E-state index in [4.69, 9.17) is 0 Å². The lowest BCUT2D eigenvalue weighted by Crippen LogP contribution is -2.72. The number of thiophene rings is 1. The molecule has 5 nitrogen and oxygen atoms in total. The Morgan fingerprint density at radius 1 is 1.00 bits per heavy atom. The van der Waals surface area contributed by atoms with Crippen LogP contribution in [0.5, 0.6) is 0 Å². The average Bonchev–Trinajstić information content (AvgIpc) is 3.26. The van der Waals surface area contributed by atoms with Gasteiger partial charge in [0, 0.05) is 10.4 Å². The second kappa shape index (κ2) is 8.06. The van der Waals surface area contributed by atoms with Gasteiger partial charge < -0.3 is 15.4 Å². The number of methoxy groups -OCH3 is 1. The van der Waals surface area contributed by atoms with Crippen molar-refractivity contribution in [2.24, 2.45) is 0 Å². The Hall–Kier alpha value is -2.76. The molecule has 0 unspecified atom stereocenters. The van der Waals surface area contributed by atoms with Gasteiger partial charge in [0.2, 0.25) is 0 Å². The summed E-state index contributed by atoms with van der Waals surface area (Å²) in [5, 5.41) is 1.83. The van der Waals surface area contributed by atoms with E-state index < -0.39 is 40.5 Å². The first-order chi connectivity index (χ1) is 14.4. The Balaban J connectivity index is 2.12. The molecular formula is C19H16F6N2O3S. The molecule has 0 fully saturated rings. The second-order valence-corrected chi connectivity index (χ2v) is 7.85. The molecule has 0 aliphatic heterocycles. The van der Waals surface area contributed by atoms with Gasteiger partial charge in [-0.05, 0) is 37.0 Å². The summed E-state index contributed by atoms with van der Waals surface area (Å²) in [7, 11) is 0.975. The number of nitrogens with one attached hydrogen (secondary N) is 2. The zero-order chi connectivity index (χ0) is 23.0. The number of halogens is 6. The number of carbonyl (C=O) groups excluding carboxylic acids is 2. The van der Waals surface area contributed by atoms with Crippen LogP contribution in [0, 0.1) is 0 Å². The maximum Gasteiger partial charge on any atom is 0.439 e. The third-order valence-corrected chi connectivity index (χ3v) is 6.01. The van der Waals surface area contributed by atoms with Crippen LogP contribution in [-0.4, -0.2) is 37.0 Å². The fraction of sp³-hybridized carbons (Fsp3) is 0.368. The minimum Gasteiger partial charge on any atom is -0.465 e. The van der Waals surface area contributed by atoms with Crippen LogP contribution < -0.4 is 10.6 Å². The molecule has 0 atom stereocenters. The largest absolute Gasteiger partial charge is 0.465 e. The first-order valence-electron chi connectivity index (χ1n) is 8.93. The number of benzene rings is 1. The topological polar surface area (TPSA) is 67.4 Å². The number of anilines is 1. The van der Waals surface area contributed by atoms with Crippen LogP contribution in [0.3, 0.4) is 0 Å². The molecule has 31 heavy (non-hydrogen) atoms. The number of hydrogen-bond acceptors (Lipinski definition) is 5. The van der Waals surface area contributed by atoms with Gasteiger partial charge in [0.1, 0.15) is 5.00 Å². The van der Waals surface area contributed by atoms with Gasteiger partial charge in [-0.3, -0.25) is 4.79 Å². The molecule has 168 valence electrons. The molecule has 1 aromatic heterocycles. The summed E-state index contributed by atoms with van der Waals surface area (Å²) in [5.41, 5.74) is -5.27. The highest BCUT2D eigenvalue weighted by atomic mass is 32.1. The Morgan fingerprint density at radius 2 is 1.61 bits per heavy atom. The van der Waals surface area contributed by atoms with Crippen LogP contribution >= 0.6 is 11.3 Å². The number of alkyl halides is 6. The Bertz CT molecular complexity index is 971. The number of carbonyl (C=O) groups is 2. The molecule has 1 heterocycles. The Labute approximate surface area is 176 Å². The van der Waals surface area contributed by atoms with Crippen molar-refractivity contribution in [2.75, 3.05) is 12.4 Å². The van der Waals surface area contributed by atoms with Gasteiger partial charge in [-0.15, -0.1) is 11.3 Å². The molecule has 1 aliphatic rings. The molecule has 0 saturated carbocycles. The van der Waals surface area contributed by atoms with Gasteiger partial charge in [0.05, 0.1) is 12.7 Å². The average molecular weight is 466 g/mol. The quantitative estimate of drug-likeness (QED) is 0.381. The van der Waals surface area contributed by atoms with E-state index in [0.717, 1.165) is 24.6 Å². The molecule has 2 aromatic rings. The van der Waals surface area contributed by atoms with E-state index in [1.54, 1.807) is 0 Å². The summed E-state index contributed by atoms with van der Waals surface area (Å²) < 4.78 is 88.2. The maximum atomic E-state index is 13.9. The first-order valence-corrected chi connectivity index (χ1v) is 9.75. The lowest BCUT2D eigenvalue weighted by atomic mass is 10.1. The first kappa shape index (κ1) is 22.9. The van der Waals surface area contributed by atoms with Crippen LogP contribution in [0.1, 0.15) is 37.6 Å². The van der Waals surface area contributed by atoms with Crippen molar-refractivity contribution in [1.29, 1.82) is 0 Å². The van der Waals surface area contributed by atoms with E-state index in [-0.39, 0.29) is 5.56 Å². The highest BCUT2D eigenvalue weighted by Gasteiger charge is 2.73. The van der Waals surface area contributed by atoms with E-state index in [1.165, 1.54) is 23.5 Å². The predicted octanol–water partition coefficient (Wildman–Crippen LogP) is 4.69. The fourth-order valence-electron chi connectivity index (χ4n) is 3.29. The van der Waals surface area contributed by atoms with E-state index in [0.29, 0.717) is 41.0 Å². The van der Waals surface area contributed by atoms with E-state index in [9.17, 15) is 35.9 Å². The number of aryl methyl sites for hydroxylation is 1. The Morgan fingerprint density at radius 3 is 2.16 bits per heavy atom. The number of fused-ring (bicyclic) bond motifs is 1. The number of rotatable bonds is 5. The number of amides is 1. The molecule has 3 rings (SSSR count). The van der Waals surface area contributed by atoms with Crippen molar-refractivity contribution in [3.05, 3.63) is 51.9 Å². The minimum absolute atomic E-state index is 0.319. The lowest BCUT2D eigenvalue weighted by molar-refractivity contribution is -0.293. The van der Waals surface area contributed by atoms with Crippen molar-refractivity contribution in [2.45, 2.75) is 37.3 Å². The zero-order valence-corrected chi connectivity index (χ0v) is 16.7. The van der Waals surface area contributed by atoms with Crippen LogP contribution in [0.25, 0.3) is 0 Å². The Kier molecular flexibility index (Phi) is 5.96. The SMILES string of the molecule is COC(=O)c1c(NC(NC(=O)c2ccccc2)(C(F)(F)F)C(F)(F)F)sc2c1CCC2. The standard InChI is InChI=1S/C19H16F6N2O3S/c1-30-16(29)13-11-8-5-9-12(11)31-15(13)27-17(18(20,21)22,19(23,24)25)26-14(28)10-6-3-2-4-7-10/h2-4,6-7,27H,5,8-9H2,1H3,(H,26,28). The third kappa shape index (κ3) is 4.08. The summed E-state index contributed by atoms with van der Waals surface area (Å²) in [6.45, 7) is 0. The molecule has 0 spiro atoms. The van der Waals surface area contributed by atoms with Crippen molar-refractivity contribution in [3.8, 4) is 0 Å². The maximum absolute atomic E-state index is 13.9. The molecule has 12 heteroatoms. The van der Waals surface area contributed by atoms with Crippen LogP contribution in [0.4, 0.5) is 31.3 Å². The van der Waals surface area contributed by atoms with Crippen molar-refractivity contribution in [1.82, 2.24) is 5.32 Å². The predicted molar refractivity (Wildman–Crippen MR) is 100 cm³/mol. The third-order valence-electron chi connectivity index (χ3n) is 4.80. The highest BCUT2D eigenvalue weighted by Crippen LogP contribution is 2.47. The molecule has 2 N–H and O–H groups in total. The van der Waals surface area contributed by atoms with E-state index in [1.807, 2.05) is 0 Å². The molecule has 1 amide bonds. The fourth-order valence-corrected chi connectivity index (χ4v) is 4.62. The van der Waals surface area contributed by atoms with Crippen molar-refractivity contribution in [3.63, 3.8) is 0 Å². The van der Waals surface area contributed by atoms with Gasteiger partial charge in [0.25, 0.3) is 5.91 Å². The summed E-state index contributed by atoms with van der Waals surface area (Å²) >= 11 is 0.611. The number of hydrogen-bond donors (Lipinski definition) is 2. The van der Waals surface area contributed by atoms with Gasteiger partial charge in [0.15, 0.2) is 0 Å². The van der Waals surface area contributed by atoms with Crippen LogP contribution in [0.2, 0.25) is 0 Å². The van der Waals surface area contributed by atoms with Gasteiger partial charge in [-0.1, -0.05) is 18.2 Å². The van der Waals surface area contributed by atoms with Crippen LogP contribution in [-0.2, 0) is 17.6 Å². The smallest absolute Gasteiger partial charge is 0.439 e. The summed E-state index contributed by atoms with van der Waals surface area (Å²) in [5.74, 6) is -2.65. The van der Waals surface area contributed by atoms with Gasteiger partial charge in [-0.2, -0.15) is 26.3 Å². The normalized spacial score (nSPS) is 14.2. The molecule has 1 aromatic carbocycles. The summed E-state index contributed by atoms with van der Waals surface area (Å²) in [6.07, 6.45) is -10.7.